The molecular weight excluding hydrogens is 327 g/mol. The summed E-state index contributed by atoms with van der Waals surface area (Å²) in [6, 6.07) is 5.41. The van der Waals surface area contributed by atoms with Crippen molar-refractivity contribution in [2.45, 2.75) is 25.0 Å². The van der Waals surface area contributed by atoms with E-state index in [1.54, 1.807) is 30.1 Å². The van der Waals surface area contributed by atoms with Gasteiger partial charge in [0.25, 0.3) is 0 Å². The number of para-hydroxylation sites is 1. The van der Waals surface area contributed by atoms with Crippen LogP contribution in [0, 0.1) is 0 Å². The van der Waals surface area contributed by atoms with Crippen LogP contribution < -0.4 is 10.1 Å². The molecular formula is C15H20Cl2N2O3. The average molecular weight is 347 g/mol. The minimum absolute atomic E-state index is 0.0210. The van der Waals surface area contributed by atoms with Crippen molar-refractivity contribution < 1.29 is 14.6 Å². The summed E-state index contributed by atoms with van der Waals surface area (Å²) in [6.45, 7) is 0.624. The number of aliphatic hydroxyl groups excluding tert-OH is 1. The van der Waals surface area contributed by atoms with Gasteiger partial charge in [0.1, 0.15) is 12.7 Å². The molecule has 1 aromatic carbocycles. The second kappa shape index (κ2) is 8.02. The SMILES string of the molecule is CN(CC(=O)NC1CC1)CC(O)COc1c(Cl)cccc1Cl. The lowest BCUT2D eigenvalue weighted by Crippen LogP contribution is -2.40. The summed E-state index contributed by atoms with van der Waals surface area (Å²) in [5, 5.41) is 13.7. The highest BCUT2D eigenvalue weighted by atomic mass is 35.5. The number of carbonyl (C=O) groups excluding carboxylic acids is 1. The minimum atomic E-state index is -0.744. The van der Waals surface area contributed by atoms with Gasteiger partial charge in [0.2, 0.25) is 5.91 Å². The van der Waals surface area contributed by atoms with Gasteiger partial charge in [-0.1, -0.05) is 29.3 Å². The topological polar surface area (TPSA) is 61.8 Å². The van der Waals surface area contributed by atoms with E-state index in [4.69, 9.17) is 27.9 Å². The Labute approximate surface area is 140 Å². The number of halogens is 2. The van der Waals surface area contributed by atoms with Crippen LogP contribution in [0.25, 0.3) is 0 Å². The van der Waals surface area contributed by atoms with E-state index in [-0.39, 0.29) is 19.1 Å². The molecule has 0 aliphatic heterocycles. The van der Waals surface area contributed by atoms with Gasteiger partial charge in [0, 0.05) is 12.6 Å². The Morgan fingerprint density at radius 3 is 2.68 bits per heavy atom. The van der Waals surface area contributed by atoms with Gasteiger partial charge in [0.15, 0.2) is 5.75 Å². The van der Waals surface area contributed by atoms with E-state index >= 15 is 0 Å². The van der Waals surface area contributed by atoms with E-state index in [9.17, 15) is 9.90 Å². The standard InChI is InChI=1S/C15H20Cl2N2O3/c1-19(8-14(21)18-10-5-6-10)7-11(20)9-22-15-12(16)3-2-4-13(15)17/h2-4,10-11,20H,5-9H2,1H3,(H,18,21). The van der Waals surface area contributed by atoms with E-state index in [1.165, 1.54) is 0 Å². The van der Waals surface area contributed by atoms with Crippen LogP contribution in [-0.4, -0.2) is 54.8 Å². The van der Waals surface area contributed by atoms with Crippen molar-refractivity contribution in [2.24, 2.45) is 0 Å². The fraction of sp³-hybridized carbons (Fsp3) is 0.533. The highest BCUT2D eigenvalue weighted by molar-refractivity contribution is 6.37. The van der Waals surface area contributed by atoms with E-state index in [0.29, 0.717) is 28.4 Å². The summed E-state index contributed by atoms with van der Waals surface area (Å²) in [5.74, 6) is 0.339. The maximum Gasteiger partial charge on any atom is 0.234 e. The molecule has 0 aromatic heterocycles. The fourth-order valence-electron chi connectivity index (χ4n) is 2.02. The molecule has 0 radical (unpaired) electrons. The van der Waals surface area contributed by atoms with E-state index in [0.717, 1.165) is 12.8 Å². The number of benzene rings is 1. The number of nitrogens with one attached hydrogen (secondary N) is 1. The molecule has 1 amide bonds. The highest BCUT2D eigenvalue weighted by Gasteiger charge is 2.23. The molecule has 0 heterocycles. The Kier molecular flexibility index (Phi) is 6.32. The predicted octanol–water partition coefficient (Wildman–Crippen LogP) is 1.94. The summed E-state index contributed by atoms with van der Waals surface area (Å²) in [5.41, 5.74) is 0. The molecule has 5 nitrogen and oxygen atoms in total. The van der Waals surface area contributed by atoms with Crippen LogP contribution in [0.1, 0.15) is 12.8 Å². The van der Waals surface area contributed by atoms with Gasteiger partial charge < -0.3 is 15.2 Å². The summed E-state index contributed by atoms with van der Waals surface area (Å²) >= 11 is 12.0. The van der Waals surface area contributed by atoms with E-state index in [2.05, 4.69) is 5.32 Å². The molecule has 0 saturated heterocycles. The first-order valence-electron chi connectivity index (χ1n) is 7.18. The van der Waals surface area contributed by atoms with Crippen molar-refractivity contribution in [1.29, 1.82) is 0 Å². The Balaban J connectivity index is 1.72. The number of ether oxygens (including phenoxy) is 1. The lowest BCUT2D eigenvalue weighted by atomic mass is 10.3. The second-order valence-corrected chi connectivity index (χ2v) is 6.37. The molecule has 122 valence electrons. The van der Waals surface area contributed by atoms with Gasteiger partial charge in [-0.3, -0.25) is 9.69 Å². The number of nitrogens with zero attached hydrogens (tertiary/aromatic N) is 1. The van der Waals surface area contributed by atoms with Crippen LogP contribution >= 0.6 is 23.2 Å². The van der Waals surface area contributed by atoms with Crippen molar-refractivity contribution in [3.63, 3.8) is 0 Å². The third kappa shape index (κ3) is 5.65. The van der Waals surface area contributed by atoms with Gasteiger partial charge in [0.05, 0.1) is 16.6 Å². The zero-order valence-corrected chi connectivity index (χ0v) is 13.9. The number of hydrogen-bond acceptors (Lipinski definition) is 4. The monoisotopic (exact) mass is 346 g/mol. The molecule has 1 aliphatic rings. The van der Waals surface area contributed by atoms with Crippen molar-refractivity contribution in [2.75, 3.05) is 26.7 Å². The van der Waals surface area contributed by atoms with Crippen LogP contribution in [0.4, 0.5) is 0 Å². The molecule has 1 fully saturated rings. The molecule has 2 rings (SSSR count). The fourth-order valence-corrected chi connectivity index (χ4v) is 2.53. The van der Waals surface area contributed by atoms with Crippen molar-refractivity contribution in [1.82, 2.24) is 10.2 Å². The molecule has 0 spiro atoms. The third-order valence-corrected chi connectivity index (χ3v) is 3.81. The third-order valence-electron chi connectivity index (χ3n) is 3.22. The zero-order valence-electron chi connectivity index (χ0n) is 12.4. The number of amides is 1. The zero-order chi connectivity index (χ0) is 16.1. The van der Waals surface area contributed by atoms with Crippen molar-refractivity contribution in [3.05, 3.63) is 28.2 Å². The number of likely N-dealkylation sites (N-methyl/N-ethyl adjacent to an activating group) is 1. The smallest absolute Gasteiger partial charge is 0.234 e. The van der Waals surface area contributed by atoms with Crippen LogP contribution in [0.2, 0.25) is 10.0 Å². The highest BCUT2D eigenvalue weighted by Crippen LogP contribution is 2.32. The maximum atomic E-state index is 11.7. The predicted molar refractivity (Wildman–Crippen MR) is 86.6 cm³/mol. The lowest BCUT2D eigenvalue weighted by molar-refractivity contribution is -0.122. The first kappa shape index (κ1) is 17.3. The largest absolute Gasteiger partial charge is 0.488 e. The first-order valence-corrected chi connectivity index (χ1v) is 7.94. The summed E-state index contributed by atoms with van der Waals surface area (Å²) in [7, 11) is 1.78. The molecule has 1 aromatic rings. The Morgan fingerprint density at radius 2 is 2.09 bits per heavy atom. The van der Waals surface area contributed by atoms with Gasteiger partial charge >= 0.3 is 0 Å². The van der Waals surface area contributed by atoms with Gasteiger partial charge in [-0.05, 0) is 32.0 Å². The maximum absolute atomic E-state index is 11.7. The molecule has 7 heteroatoms. The molecule has 0 bridgehead atoms. The van der Waals surface area contributed by atoms with Gasteiger partial charge in [-0.2, -0.15) is 0 Å². The number of aliphatic hydroxyl groups is 1. The molecule has 1 aliphatic carbocycles. The lowest BCUT2D eigenvalue weighted by Gasteiger charge is -2.20. The molecule has 1 unspecified atom stereocenters. The van der Waals surface area contributed by atoms with Crippen LogP contribution in [0.3, 0.4) is 0 Å². The average Bonchev–Trinajstić information content (AvgIpc) is 3.21. The Morgan fingerprint density at radius 1 is 1.45 bits per heavy atom. The molecule has 2 N–H and O–H groups in total. The molecule has 1 saturated carbocycles. The summed E-state index contributed by atoms with van der Waals surface area (Å²) in [6.07, 6.45) is 1.38. The first-order chi connectivity index (χ1) is 10.5. The Hall–Kier alpha value is -1.01. The van der Waals surface area contributed by atoms with Gasteiger partial charge in [-0.15, -0.1) is 0 Å². The quantitative estimate of drug-likeness (QED) is 0.755. The van der Waals surface area contributed by atoms with Crippen LogP contribution in [0.5, 0.6) is 5.75 Å². The number of carbonyl (C=O) groups is 1. The van der Waals surface area contributed by atoms with E-state index < -0.39 is 6.10 Å². The molecule has 1 atom stereocenters. The number of rotatable bonds is 8. The molecule has 22 heavy (non-hydrogen) atoms. The van der Waals surface area contributed by atoms with E-state index in [1.807, 2.05) is 0 Å². The van der Waals surface area contributed by atoms with Crippen LogP contribution in [0.15, 0.2) is 18.2 Å². The van der Waals surface area contributed by atoms with Gasteiger partial charge in [-0.25, -0.2) is 0 Å². The second-order valence-electron chi connectivity index (χ2n) is 5.55. The minimum Gasteiger partial charge on any atom is -0.488 e. The summed E-state index contributed by atoms with van der Waals surface area (Å²) < 4.78 is 5.47. The normalized spacial score (nSPS) is 15.7. The van der Waals surface area contributed by atoms with Crippen molar-refractivity contribution in [3.8, 4) is 5.75 Å². The van der Waals surface area contributed by atoms with Crippen LogP contribution in [-0.2, 0) is 4.79 Å². The Bertz CT molecular complexity index is 503. The number of hydrogen-bond donors (Lipinski definition) is 2. The summed E-state index contributed by atoms with van der Waals surface area (Å²) in [4.78, 5) is 13.4. The van der Waals surface area contributed by atoms with Crippen molar-refractivity contribution >= 4 is 29.1 Å².